The molecule has 4 nitrogen and oxygen atoms in total. The molecule has 2 N–H and O–H groups in total. The zero-order chi connectivity index (χ0) is 19.9. The lowest BCUT2D eigenvalue weighted by Gasteiger charge is -2.20. The van der Waals surface area contributed by atoms with Crippen molar-refractivity contribution in [1.82, 2.24) is 10.6 Å². The van der Waals surface area contributed by atoms with Gasteiger partial charge in [0, 0.05) is 25.6 Å². The van der Waals surface area contributed by atoms with Gasteiger partial charge in [-0.15, -0.1) is 0 Å². The standard InChI is InChI=1S/C22H27F2N3O/c1-3-25-22(27-15(2)17-9-10-19(23)20(24)13-17)26-14-18-11-12-28-21(18)16-7-5-4-6-8-16/h4-10,13,15,18,21H,3,11-12,14H2,1-2H3,(H2,25,26,27). The SMILES string of the molecule is CCNC(=NCC1CCOC1c1ccccc1)NC(C)c1ccc(F)c(F)c1. The molecule has 6 heteroatoms. The summed E-state index contributed by atoms with van der Waals surface area (Å²) < 4.78 is 32.6. The summed E-state index contributed by atoms with van der Waals surface area (Å²) in [6.45, 7) is 5.95. The Labute approximate surface area is 165 Å². The summed E-state index contributed by atoms with van der Waals surface area (Å²) in [6, 6.07) is 13.9. The van der Waals surface area contributed by atoms with Gasteiger partial charge in [-0.3, -0.25) is 4.99 Å². The molecule has 0 spiro atoms. The Morgan fingerprint density at radius 2 is 1.96 bits per heavy atom. The highest BCUT2D eigenvalue weighted by atomic mass is 19.2. The first kappa shape index (κ1) is 20.3. The van der Waals surface area contributed by atoms with Gasteiger partial charge in [0.1, 0.15) is 0 Å². The number of ether oxygens (including phenoxy) is 1. The van der Waals surface area contributed by atoms with E-state index in [9.17, 15) is 8.78 Å². The van der Waals surface area contributed by atoms with Crippen LogP contribution in [0.25, 0.3) is 0 Å². The third-order valence-electron chi connectivity index (χ3n) is 4.97. The molecule has 3 atom stereocenters. The minimum atomic E-state index is -0.845. The summed E-state index contributed by atoms with van der Waals surface area (Å²) in [5.41, 5.74) is 1.84. The van der Waals surface area contributed by atoms with Crippen LogP contribution in [0.5, 0.6) is 0 Å². The molecule has 0 amide bonds. The second kappa shape index (κ2) is 9.64. The molecule has 1 aliphatic heterocycles. The molecule has 3 unspecified atom stereocenters. The molecule has 1 aliphatic rings. The fourth-order valence-electron chi connectivity index (χ4n) is 3.43. The van der Waals surface area contributed by atoms with Crippen molar-refractivity contribution >= 4 is 5.96 Å². The number of aliphatic imine (C=N–C) groups is 1. The topological polar surface area (TPSA) is 45.7 Å². The number of nitrogens with one attached hydrogen (secondary N) is 2. The smallest absolute Gasteiger partial charge is 0.191 e. The molecule has 0 radical (unpaired) electrons. The highest BCUT2D eigenvalue weighted by Crippen LogP contribution is 2.34. The Morgan fingerprint density at radius 1 is 1.18 bits per heavy atom. The molecule has 2 aromatic carbocycles. The van der Waals surface area contributed by atoms with E-state index in [1.165, 1.54) is 11.6 Å². The number of benzene rings is 2. The van der Waals surface area contributed by atoms with Crippen LogP contribution in [-0.4, -0.2) is 25.7 Å². The van der Waals surface area contributed by atoms with E-state index in [1.54, 1.807) is 6.07 Å². The van der Waals surface area contributed by atoms with E-state index in [-0.39, 0.29) is 12.1 Å². The van der Waals surface area contributed by atoms with Gasteiger partial charge in [0.2, 0.25) is 0 Å². The van der Waals surface area contributed by atoms with E-state index in [0.29, 0.717) is 30.5 Å². The summed E-state index contributed by atoms with van der Waals surface area (Å²) in [5.74, 6) is -0.735. The predicted octanol–water partition coefficient (Wildman–Crippen LogP) is 4.36. The van der Waals surface area contributed by atoms with Crippen LogP contribution >= 0.6 is 0 Å². The van der Waals surface area contributed by atoms with Gasteiger partial charge in [-0.25, -0.2) is 8.78 Å². The minimum Gasteiger partial charge on any atom is -0.373 e. The van der Waals surface area contributed by atoms with Gasteiger partial charge in [0.15, 0.2) is 17.6 Å². The summed E-state index contributed by atoms with van der Waals surface area (Å²) in [7, 11) is 0. The number of rotatable bonds is 6. The molecule has 28 heavy (non-hydrogen) atoms. The van der Waals surface area contributed by atoms with Gasteiger partial charge >= 0.3 is 0 Å². The normalized spacial score (nSPS) is 20.8. The molecular formula is C22H27F2N3O. The third kappa shape index (κ3) is 5.07. The van der Waals surface area contributed by atoms with E-state index in [2.05, 4.69) is 22.8 Å². The molecule has 1 saturated heterocycles. The van der Waals surface area contributed by atoms with Crippen LogP contribution in [0.15, 0.2) is 53.5 Å². The first-order valence-corrected chi connectivity index (χ1v) is 9.74. The first-order chi connectivity index (χ1) is 13.6. The molecule has 3 rings (SSSR count). The lowest BCUT2D eigenvalue weighted by Crippen LogP contribution is -2.39. The zero-order valence-corrected chi connectivity index (χ0v) is 16.3. The second-order valence-electron chi connectivity index (χ2n) is 7.01. The molecule has 0 saturated carbocycles. The van der Waals surface area contributed by atoms with Crippen LogP contribution in [0.3, 0.4) is 0 Å². The number of guanidine groups is 1. The van der Waals surface area contributed by atoms with Crippen LogP contribution in [0.4, 0.5) is 8.78 Å². The first-order valence-electron chi connectivity index (χ1n) is 9.74. The van der Waals surface area contributed by atoms with E-state index in [1.807, 2.05) is 32.0 Å². The van der Waals surface area contributed by atoms with E-state index >= 15 is 0 Å². The second-order valence-corrected chi connectivity index (χ2v) is 7.01. The summed E-state index contributed by atoms with van der Waals surface area (Å²) >= 11 is 0. The van der Waals surface area contributed by atoms with Crippen LogP contribution in [0.2, 0.25) is 0 Å². The maximum atomic E-state index is 13.5. The fraction of sp³-hybridized carbons (Fsp3) is 0.409. The Balaban J connectivity index is 1.67. The van der Waals surface area contributed by atoms with Gasteiger partial charge < -0.3 is 15.4 Å². The van der Waals surface area contributed by atoms with Crippen molar-refractivity contribution in [3.8, 4) is 0 Å². The van der Waals surface area contributed by atoms with Crippen molar-refractivity contribution in [3.63, 3.8) is 0 Å². The lowest BCUT2D eigenvalue weighted by molar-refractivity contribution is 0.0925. The maximum Gasteiger partial charge on any atom is 0.191 e. The Morgan fingerprint density at radius 3 is 2.68 bits per heavy atom. The van der Waals surface area contributed by atoms with Crippen LogP contribution in [0, 0.1) is 17.6 Å². The maximum absolute atomic E-state index is 13.5. The number of hydrogen-bond donors (Lipinski definition) is 2. The van der Waals surface area contributed by atoms with Crippen molar-refractivity contribution < 1.29 is 13.5 Å². The molecule has 0 aliphatic carbocycles. The number of nitrogens with zero attached hydrogens (tertiary/aromatic N) is 1. The summed E-state index contributed by atoms with van der Waals surface area (Å²) in [4.78, 5) is 4.72. The number of halogens is 2. The molecule has 0 bridgehead atoms. The Hall–Kier alpha value is -2.47. The van der Waals surface area contributed by atoms with E-state index in [4.69, 9.17) is 9.73 Å². The average Bonchev–Trinajstić information content (AvgIpc) is 3.17. The van der Waals surface area contributed by atoms with Gasteiger partial charge in [0.05, 0.1) is 12.1 Å². The van der Waals surface area contributed by atoms with Gasteiger partial charge in [-0.1, -0.05) is 36.4 Å². The Bertz CT molecular complexity index is 798. The minimum absolute atomic E-state index is 0.0523. The van der Waals surface area contributed by atoms with Crippen LogP contribution < -0.4 is 10.6 Å². The third-order valence-corrected chi connectivity index (χ3v) is 4.97. The number of hydrogen-bond acceptors (Lipinski definition) is 2. The van der Waals surface area contributed by atoms with Crippen molar-refractivity contribution in [2.24, 2.45) is 10.9 Å². The molecular weight excluding hydrogens is 360 g/mol. The van der Waals surface area contributed by atoms with E-state index in [0.717, 1.165) is 19.1 Å². The highest BCUT2D eigenvalue weighted by molar-refractivity contribution is 5.80. The zero-order valence-electron chi connectivity index (χ0n) is 16.3. The monoisotopic (exact) mass is 387 g/mol. The molecule has 0 aromatic heterocycles. The predicted molar refractivity (Wildman–Crippen MR) is 107 cm³/mol. The molecule has 1 heterocycles. The lowest BCUT2D eigenvalue weighted by atomic mass is 9.95. The van der Waals surface area contributed by atoms with Crippen molar-refractivity contribution in [2.45, 2.75) is 32.4 Å². The highest BCUT2D eigenvalue weighted by Gasteiger charge is 2.29. The van der Waals surface area contributed by atoms with Crippen LogP contribution in [-0.2, 0) is 4.74 Å². The fourth-order valence-corrected chi connectivity index (χ4v) is 3.43. The Kier molecular flexibility index (Phi) is 6.98. The quantitative estimate of drug-likeness (QED) is 0.572. The van der Waals surface area contributed by atoms with Crippen LogP contribution in [0.1, 0.15) is 43.5 Å². The average molecular weight is 387 g/mol. The van der Waals surface area contributed by atoms with Gasteiger partial charge in [-0.2, -0.15) is 0 Å². The summed E-state index contributed by atoms with van der Waals surface area (Å²) in [5, 5.41) is 6.49. The molecule has 1 fully saturated rings. The van der Waals surface area contributed by atoms with Crippen molar-refractivity contribution in [2.75, 3.05) is 19.7 Å². The van der Waals surface area contributed by atoms with Gasteiger partial charge in [0.25, 0.3) is 0 Å². The molecule has 2 aromatic rings. The van der Waals surface area contributed by atoms with Gasteiger partial charge in [-0.05, 0) is 43.5 Å². The largest absolute Gasteiger partial charge is 0.373 e. The van der Waals surface area contributed by atoms with Crippen molar-refractivity contribution in [1.29, 1.82) is 0 Å². The summed E-state index contributed by atoms with van der Waals surface area (Å²) in [6.07, 6.45) is 1.01. The molecule has 150 valence electrons. The van der Waals surface area contributed by atoms with E-state index < -0.39 is 11.6 Å². The van der Waals surface area contributed by atoms with Crippen molar-refractivity contribution in [3.05, 3.63) is 71.3 Å².